The number of nitrogens with zero attached hydrogens (tertiary/aromatic N) is 1. The van der Waals surface area contributed by atoms with Crippen molar-refractivity contribution in [1.29, 1.82) is 0 Å². The summed E-state index contributed by atoms with van der Waals surface area (Å²) in [4.78, 5) is 25.2. The summed E-state index contributed by atoms with van der Waals surface area (Å²) in [6.45, 7) is 4.81. The molecule has 3 unspecified atom stereocenters. The predicted octanol–water partition coefficient (Wildman–Crippen LogP) is -0.486. The molecule has 102 valence electrons. The van der Waals surface area contributed by atoms with Gasteiger partial charge in [-0.15, -0.1) is 0 Å². The molecule has 0 aromatic heterocycles. The standard InChI is InChI=1S/C12H22N4O2/c1-8(11(17)15-12(18)13-2)16-6-4-10-9(7-16)3-5-14-10/h8-10,14H,3-7H2,1-2H3,(H2,13,15,17,18). The van der Waals surface area contributed by atoms with Gasteiger partial charge in [0, 0.05) is 26.2 Å². The fraction of sp³-hybridized carbons (Fsp3) is 0.833. The molecule has 3 amide bonds. The summed E-state index contributed by atoms with van der Waals surface area (Å²) >= 11 is 0. The normalized spacial score (nSPS) is 29.4. The van der Waals surface area contributed by atoms with E-state index in [4.69, 9.17) is 0 Å². The second-order valence-electron chi connectivity index (χ2n) is 5.14. The zero-order chi connectivity index (χ0) is 13.1. The van der Waals surface area contributed by atoms with Crippen molar-refractivity contribution >= 4 is 11.9 Å². The number of hydrogen-bond donors (Lipinski definition) is 3. The van der Waals surface area contributed by atoms with Gasteiger partial charge >= 0.3 is 6.03 Å². The Kier molecular flexibility index (Phi) is 4.19. The molecule has 3 atom stereocenters. The van der Waals surface area contributed by atoms with Gasteiger partial charge in [-0.3, -0.25) is 15.0 Å². The molecule has 3 N–H and O–H groups in total. The molecule has 0 aliphatic carbocycles. The molecule has 6 heteroatoms. The highest BCUT2D eigenvalue weighted by Gasteiger charge is 2.35. The van der Waals surface area contributed by atoms with Crippen LogP contribution >= 0.6 is 0 Å². The Bertz CT molecular complexity index is 334. The van der Waals surface area contributed by atoms with Crippen molar-refractivity contribution < 1.29 is 9.59 Å². The number of hydrogen-bond acceptors (Lipinski definition) is 4. The Labute approximate surface area is 107 Å². The van der Waals surface area contributed by atoms with Crippen LogP contribution in [0.5, 0.6) is 0 Å². The second kappa shape index (κ2) is 5.67. The maximum absolute atomic E-state index is 11.9. The van der Waals surface area contributed by atoms with Crippen molar-refractivity contribution in [2.24, 2.45) is 5.92 Å². The smallest absolute Gasteiger partial charge is 0.321 e. The number of piperidine rings is 1. The first-order chi connectivity index (χ1) is 8.61. The quantitative estimate of drug-likeness (QED) is 0.622. The number of imide groups is 1. The third-order valence-corrected chi connectivity index (χ3v) is 4.08. The first-order valence-electron chi connectivity index (χ1n) is 6.62. The molecule has 2 aliphatic heterocycles. The lowest BCUT2D eigenvalue weighted by atomic mass is 9.92. The highest BCUT2D eigenvalue weighted by atomic mass is 16.2. The molecule has 2 aliphatic rings. The minimum Gasteiger partial charge on any atom is -0.341 e. The highest BCUT2D eigenvalue weighted by Crippen LogP contribution is 2.25. The van der Waals surface area contributed by atoms with Crippen molar-refractivity contribution in [2.75, 3.05) is 26.7 Å². The molecule has 0 aromatic carbocycles. The van der Waals surface area contributed by atoms with E-state index in [1.54, 1.807) is 0 Å². The lowest BCUT2D eigenvalue weighted by molar-refractivity contribution is -0.125. The highest BCUT2D eigenvalue weighted by molar-refractivity contribution is 5.96. The van der Waals surface area contributed by atoms with Crippen LogP contribution in [-0.2, 0) is 4.79 Å². The SMILES string of the molecule is CNC(=O)NC(=O)C(C)N1CCC2NCCC2C1. The van der Waals surface area contributed by atoms with Gasteiger partial charge in [-0.25, -0.2) is 4.79 Å². The fourth-order valence-corrected chi connectivity index (χ4v) is 2.87. The van der Waals surface area contributed by atoms with Gasteiger partial charge in [0.25, 0.3) is 0 Å². The average molecular weight is 254 g/mol. The lowest BCUT2D eigenvalue weighted by Crippen LogP contribution is -2.54. The van der Waals surface area contributed by atoms with Gasteiger partial charge < -0.3 is 10.6 Å². The number of carbonyl (C=O) groups is 2. The Hall–Kier alpha value is -1.14. The molecule has 0 spiro atoms. The number of urea groups is 1. The maximum Gasteiger partial charge on any atom is 0.321 e. The van der Waals surface area contributed by atoms with E-state index in [1.807, 2.05) is 6.92 Å². The van der Waals surface area contributed by atoms with E-state index < -0.39 is 6.03 Å². The topological polar surface area (TPSA) is 73.5 Å². The number of fused-ring (bicyclic) bond motifs is 1. The third-order valence-electron chi connectivity index (χ3n) is 4.08. The number of rotatable bonds is 2. The first kappa shape index (κ1) is 13.3. The van der Waals surface area contributed by atoms with E-state index in [-0.39, 0.29) is 11.9 Å². The summed E-state index contributed by atoms with van der Waals surface area (Å²) in [5.41, 5.74) is 0. The first-order valence-corrected chi connectivity index (χ1v) is 6.62. The van der Waals surface area contributed by atoms with Crippen LogP contribution in [0.1, 0.15) is 19.8 Å². The van der Waals surface area contributed by atoms with Gasteiger partial charge in [0.05, 0.1) is 6.04 Å². The molecule has 0 saturated carbocycles. The van der Waals surface area contributed by atoms with E-state index in [0.29, 0.717) is 12.0 Å². The van der Waals surface area contributed by atoms with Gasteiger partial charge in [-0.2, -0.15) is 0 Å². The fourth-order valence-electron chi connectivity index (χ4n) is 2.87. The van der Waals surface area contributed by atoms with Crippen LogP contribution in [-0.4, -0.2) is 55.6 Å². The van der Waals surface area contributed by atoms with Crippen molar-refractivity contribution in [3.63, 3.8) is 0 Å². The average Bonchev–Trinajstić information content (AvgIpc) is 2.84. The van der Waals surface area contributed by atoms with Crippen LogP contribution in [0.25, 0.3) is 0 Å². The van der Waals surface area contributed by atoms with Crippen molar-refractivity contribution in [3.05, 3.63) is 0 Å². The Morgan fingerprint density at radius 3 is 2.89 bits per heavy atom. The number of carbonyl (C=O) groups excluding carboxylic acids is 2. The van der Waals surface area contributed by atoms with Crippen LogP contribution in [0.2, 0.25) is 0 Å². The predicted molar refractivity (Wildman–Crippen MR) is 68.1 cm³/mol. The molecule has 18 heavy (non-hydrogen) atoms. The summed E-state index contributed by atoms with van der Waals surface area (Å²) in [6.07, 6.45) is 2.27. The molecule has 2 saturated heterocycles. The monoisotopic (exact) mass is 254 g/mol. The molecule has 0 aromatic rings. The largest absolute Gasteiger partial charge is 0.341 e. The number of amides is 3. The van der Waals surface area contributed by atoms with E-state index in [1.165, 1.54) is 13.5 Å². The van der Waals surface area contributed by atoms with Crippen molar-refractivity contribution in [1.82, 2.24) is 20.9 Å². The van der Waals surface area contributed by atoms with Gasteiger partial charge in [-0.05, 0) is 32.2 Å². The van der Waals surface area contributed by atoms with Crippen LogP contribution in [0.4, 0.5) is 4.79 Å². The third kappa shape index (κ3) is 2.81. The number of likely N-dealkylation sites (tertiary alicyclic amines) is 1. The van der Waals surface area contributed by atoms with Gasteiger partial charge in [0.1, 0.15) is 0 Å². The van der Waals surface area contributed by atoms with E-state index in [9.17, 15) is 9.59 Å². The minimum absolute atomic E-state index is 0.223. The summed E-state index contributed by atoms with van der Waals surface area (Å²) in [7, 11) is 1.50. The van der Waals surface area contributed by atoms with E-state index >= 15 is 0 Å². The molecule has 6 nitrogen and oxygen atoms in total. The summed E-state index contributed by atoms with van der Waals surface area (Å²) in [5, 5.41) is 8.23. The van der Waals surface area contributed by atoms with Gasteiger partial charge in [-0.1, -0.05) is 0 Å². The number of nitrogens with one attached hydrogen (secondary N) is 3. The molecule has 2 fully saturated rings. The molecule has 0 bridgehead atoms. The molecular weight excluding hydrogens is 232 g/mol. The summed E-state index contributed by atoms with van der Waals surface area (Å²) in [5.74, 6) is 0.424. The molecule has 2 rings (SSSR count). The van der Waals surface area contributed by atoms with Gasteiger partial charge in [0.15, 0.2) is 0 Å². The van der Waals surface area contributed by atoms with Gasteiger partial charge in [0.2, 0.25) is 5.91 Å². The second-order valence-corrected chi connectivity index (χ2v) is 5.14. The molecule has 0 radical (unpaired) electrons. The Balaban J connectivity index is 1.87. The van der Waals surface area contributed by atoms with E-state index in [2.05, 4.69) is 20.9 Å². The molecule has 2 heterocycles. The maximum atomic E-state index is 11.9. The van der Waals surface area contributed by atoms with Crippen LogP contribution in [0, 0.1) is 5.92 Å². The van der Waals surface area contributed by atoms with Crippen LogP contribution in [0.15, 0.2) is 0 Å². The molecular formula is C12H22N4O2. The zero-order valence-electron chi connectivity index (χ0n) is 11.0. The van der Waals surface area contributed by atoms with Crippen LogP contribution < -0.4 is 16.0 Å². The van der Waals surface area contributed by atoms with E-state index in [0.717, 1.165) is 26.1 Å². The Morgan fingerprint density at radius 1 is 1.39 bits per heavy atom. The van der Waals surface area contributed by atoms with Crippen LogP contribution in [0.3, 0.4) is 0 Å². The zero-order valence-corrected chi connectivity index (χ0v) is 11.0. The summed E-state index contributed by atoms with van der Waals surface area (Å²) < 4.78 is 0. The Morgan fingerprint density at radius 2 is 2.17 bits per heavy atom. The summed E-state index contributed by atoms with van der Waals surface area (Å²) in [6, 6.07) is -0.0661. The van der Waals surface area contributed by atoms with Crippen molar-refractivity contribution in [2.45, 2.75) is 31.8 Å². The minimum atomic E-state index is -0.440. The lowest BCUT2D eigenvalue weighted by Gasteiger charge is -2.37. The van der Waals surface area contributed by atoms with Crippen molar-refractivity contribution in [3.8, 4) is 0 Å².